The molecule has 28 heavy (non-hydrogen) atoms. The van der Waals surface area contributed by atoms with E-state index in [1.807, 2.05) is 0 Å². The number of rotatable bonds is 6. The number of hydrogen-bond donors (Lipinski definition) is 1. The van der Waals surface area contributed by atoms with E-state index in [2.05, 4.69) is 0 Å². The maximum atomic E-state index is 13.0. The lowest BCUT2D eigenvalue weighted by molar-refractivity contribution is -0.147. The third kappa shape index (κ3) is 4.85. The summed E-state index contributed by atoms with van der Waals surface area (Å²) in [6, 6.07) is 5.31. The van der Waals surface area contributed by atoms with Gasteiger partial charge >= 0.3 is 5.97 Å². The van der Waals surface area contributed by atoms with Crippen molar-refractivity contribution in [3.63, 3.8) is 0 Å². The highest BCUT2D eigenvalue weighted by molar-refractivity contribution is 7.89. The second kappa shape index (κ2) is 9.24. The molecule has 8 heteroatoms. The smallest absolute Gasteiger partial charge is 0.324 e. The number of sulfonamides is 1. The van der Waals surface area contributed by atoms with Crippen LogP contribution in [-0.4, -0.2) is 56.2 Å². The predicted molar refractivity (Wildman–Crippen MR) is 103 cm³/mol. The van der Waals surface area contributed by atoms with Gasteiger partial charge in [-0.1, -0.05) is 19.3 Å². The molecule has 2 fully saturated rings. The van der Waals surface area contributed by atoms with E-state index in [1.54, 1.807) is 12.1 Å². The van der Waals surface area contributed by atoms with Crippen molar-refractivity contribution in [2.75, 3.05) is 20.3 Å². The van der Waals surface area contributed by atoms with Crippen molar-refractivity contribution in [1.82, 2.24) is 4.31 Å². The van der Waals surface area contributed by atoms with Crippen molar-refractivity contribution in [2.24, 2.45) is 5.92 Å². The average molecular weight is 412 g/mol. The Morgan fingerprint density at radius 1 is 1.14 bits per heavy atom. The molecule has 2 aliphatic rings. The molecule has 1 saturated heterocycles. The monoisotopic (exact) mass is 411 g/mol. The summed E-state index contributed by atoms with van der Waals surface area (Å²) >= 11 is 0. The SMILES string of the molecule is COC(=O)[C@H]1C[C@@H](O)CCN1S(=O)(=O)c1ccc(OCC2CCCCC2)cc1. The fourth-order valence-electron chi connectivity index (χ4n) is 3.97. The van der Waals surface area contributed by atoms with Crippen molar-refractivity contribution in [3.8, 4) is 5.75 Å². The van der Waals surface area contributed by atoms with E-state index in [4.69, 9.17) is 9.47 Å². The van der Waals surface area contributed by atoms with E-state index < -0.39 is 28.1 Å². The summed E-state index contributed by atoms with van der Waals surface area (Å²) in [6.45, 7) is 0.726. The molecule has 0 unspecified atom stereocenters. The van der Waals surface area contributed by atoms with Crippen LogP contribution in [0.3, 0.4) is 0 Å². The second-order valence-corrected chi connectivity index (χ2v) is 9.51. The van der Waals surface area contributed by atoms with E-state index in [-0.39, 0.29) is 24.3 Å². The summed E-state index contributed by atoms with van der Waals surface area (Å²) in [5, 5.41) is 9.84. The Hall–Kier alpha value is -1.64. The van der Waals surface area contributed by atoms with Crippen LogP contribution in [0.5, 0.6) is 5.75 Å². The van der Waals surface area contributed by atoms with Gasteiger partial charge in [0.25, 0.3) is 0 Å². The molecule has 2 atom stereocenters. The normalized spacial score (nSPS) is 24.6. The summed E-state index contributed by atoms with van der Waals surface area (Å²) in [4.78, 5) is 12.1. The first-order chi connectivity index (χ1) is 13.4. The molecule has 1 aliphatic heterocycles. The van der Waals surface area contributed by atoms with E-state index in [1.165, 1.54) is 51.3 Å². The topological polar surface area (TPSA) is 93.1 Å². The van der Waals surface area contributed by atoms with Crippen LogP contribution in [0.15, 0.2) is 29.2 Å². The van der Waals surface area contributed by atoms with Gasteiger partial charge in [0.2, 0.25) is 10.0 Å². The van der Waals surface area contributed by atoms with Crippen LogP contribution in [0.1, 0.15) is 44.9 Å². The second-order valence-electron chi connectivity index (χ2n) is 7.62. The lowest BCUT2D eigenvalue weighted by Crippen LogP contribution is -2.51. The van der Waals surface area contributed by atoms with Gasteiger partial charge in [0.05, 0.1) is 24.7 Å². The number of ether oxygens (including phenoxy) is 2. The third-order valence-corrected chi connectivity index (χ3v) is 7.56. The number of nitrogens with zero attached hydrogens (tertiary/aromatic N) is 1. The first-order valence-corrected chi connectivity index (χ1v) is 11.4. The van der Waals surface area contributed by atoms with Gasteiger partial charge in [-0.3, -0.25) is 4.79 Å². The Kier molecular flexibility index (Phi) is 6.95. The maximum Gasteiger partial charge on any atom is 0.324 e. The number of esters is 1. The summed E-state index contributed by atoms with van der Waals surface area (Å²) in [5.41, 5.74) is 0. The molecule has 0 spiro atoms. The molecule has 1 heterocycles. The molecule has 0 amide bonds. The largest absolute Gasteiger partial charge is 0.493 e. The molecular formula is C20H29NO6S. The van der Waals surface area contributed by atoms with Gasteiger partial charge in [-0.15, -0.1) is 0 Å². The zero-order valence-electron chi connectivity index (χ0n) is 16.2. The molecule has 7 nitrogen and oxygen atoms in total. The Morgan fingerprint density at radius 2 is 1.82 bits per heavy atom. The molecule has 1 N–H and O–H groups in total. The van der Waals surface area contributed by atoms with Crippen molar-refractivity contribution in [3.05, 3.63) is 24.3 Å². The van der Waals surface area contributed by atoms with Crippen LogP contribution in [-0.2, 0) is 19.6 Å². The van der Waals surface area contributed by atoms with E-state index >= 15 is 0 Å². The van der Waals surface area contributed by atoms with E-state index in [9.17, 15) is 18.3 Å². The van der Waals surface area contributed by atoms with Gasteiger partial charge in [0.1, 0.15) is 11.8 Å². The predicted octanol–water partition coefficient (Wildman–Crippen LogP) is 2.33. The van der Waals surface area contributed by atoms with Gasteiger partial charge in [-0.2, -0.15) is 4.31 Å². The number of piperidine rings is 1. The Balaban J connectivity index is 1.69. The van der Waals surface area contributed by atoms with Crippen molar-refractivity contribution in [1.29, 1.82) is 0 Å². The fourth-order valence-corrected chi connectivity index (χ4v) is 5.58. The number of carbonyl (C=O) groups excluding carboxylic acids is 1. The number of hydrogen-bond acceptors (Lipinski definition) is 6. The Labute approximate surface area is 166 Å². The zero-order chi connectivity index (χ0) is 20.1. The first-order valence-electron chi connectivity index (χ1n) is 9.92. The van der Waals surface area contributed by atoms with E-state index in [0.717, 1.165) is 4.31 Å². The van der Waals surface area contributed by atoms with Crippen LogP contribution in [0, 0.1) is 5.92 Å². The molecule has 1 saturated carbocycles. The van der Waals surface area contributed by atoms with Crippen LogP contribution in [0.25, 0.3) is 0 Å². The number of methoxy groups -OCH3 is 1. The summed E-state index contributed by atoms with van der Waals surface area (Å²) in [5.74, 6) is 0.551. The standard InChI is InChI=1S/C20H29NO6S/c1-26-20(23)19-13-16(22)11-12-21(19)28(24,25)18-9-7-17(8-10-18)27-14-15-5-3-2-4-6-15/h7-10,15-16,19,22H,2-6,11-14H2,1H3/t16-,19+/m0/s1. The minimum Gasteiger partial charge on any atom is -0.493 e. The number of carbonyl (C=O) groups is 1. The van der Waals surface area contributed by atoms with Crippen molar-refractivity contribution < 1.29 is 27.8 Å². The third-order valence-electron chi connectivity index (χ3n) is 5.64. The summed E-state index contributed by atoms with van der Waals surface area (Å²) < 4.78 is 37.8. The molecule has 156 valence electrons. The van der Waals surface area contributed by atoms with Gasteiger partial charge in [0, 0.05) is 13.0 Å². The van der Waals surface area contributed by atoms with Crippen LogP contribution >= 0.6 is 0 Å². The van der Waals surface area contributed by atoms with Gasteiger partial charge < -0.3 is 14.6 Å². The molecule has 0 bridgehead atoms. The minimum absolute atomic E-state index is 0.0362. The van der Waals surface area contributed by atoms with Gasteiger partial charge in [0.15, 0.2) is 0 Å². The number of benzene rings is 1. The quantitative estimate of drug-likeness (QED) is 0.722. The number of aliphatic hydroxyl groups is 1. The zero-order valence-corrected chi connectivity index (χ0v) is 17.1. The fraction of sp³-hybridized carbons (Fsp3) is 0.650. The molecule has 0 aromatic heterocycles. The summed E-state index contributed by atoms with van der Waals surface area (Å²) in [6.07, 6.45) is 5.76. The van der Waals surface area contributed by atoms with Gasteiger partial charge in [-0.25, -0.2) is 8.42 Å². The van der Waals surface area contributed by atoms with Crippen molar-refractivity contribution >= 4 is 16.0 Å². The molecule has 0 radical (unpaired) electrons. The lowest BCUT2D eigenvalue weighted by atomic mass is 9.90. The molecule has 3 rings (SSSR count). The van der Waals surface area contributed by atoms with Crippen LogP contribution in [0.2, 0.25) is 0 Å². The lowest BCUT2D eigenvalue weighted by Gasteiger charge is -2.34. The highest BCUT2D eigenvalue weighted by Gasteiger charge is 2.41. The highest BCUT2D eigenvalue weighted by atomic mass is 32.2. The molecule has 1 aliphatic carbocycles. The Bertz CT molecular complexity index is 757. The van der Waals surface area contributed by atoms with Crippen molar-refractivity contribution in [2.45, 2.75) is 62.0 Å². The Morgan fingerprint density at radius 3 is 2.46 bits per heavy atom. The maximum absolute atomic E-state index is 13.0. The van der Waals surface area contributed by atoms with Crippen LogP contribution < -0.4 is 4.74 Å². The van der Waals surface area contributed by atoms with E-state index in [0.29, 0.717) is 18.3 Å². The van der Waals surface area contributed by atoms with Gasteiger partial charge in [-0.05, 0) is 49.4 Å². The number of aliphatic hydroxyl groups excluding tert-OH is 1. The van der Waals surface area contributed by atoms with Crippen LogP contribution in [0.4, 0.5) is 0 Å². The first kappa shape index (κ1) is 21.1. The molecule has 1 aromatic carbocycles. The minimum atomic E-state index is -3.88. The average Bonchev–Trinajstić information content (AvgIpc) is 2.72. The highest BCUT2D eigenvalue weighted by Crippen LogP contribution is 2.28. The molecule has 1 aromatic rings. The summed E-state index contributed by atoms with van der Waals surface area (Å²) in [7, 11) is -2.66. The molecular weight excluding hydrogens is 382 g/mol.